The molecule has 1 aromatic carbocycles. The molecule has 0 spiro atoms. The number of hydrogen-bond donors (Lipinski definition) is 0. The van der Waals surface area contributed by atoms with Crippen molar-refractivity contribution in [1.29, 1.82) is 0 Å². The second-order valence-electron chi connectivity index (χ2n) is 2.82. The zero-order valence-electron chi connectivity index (χ0n) is 6.58. The summed E-state index contributed by atoms with van der Waals surface area (Å²) in [5.41, 5.74) is 1.33. The fourth-order valence-corrected chi connectivity index (χ4v) is 1.29. The van der Waals surface area contributed by atoms with E-state index in [-0.39, 0.29) is 0 Å². The summed E-state index contributed by atoms with van der Waals surface area (Å²) in [7, 11) is 1.72. The minimum absolute atomic E-state index is 0.658. The van der Waals surface area contributed by atoms with Crippen molar-refractivity contribution in [3.05, 3.63) is 36.2 Å². The van der Waals surface area contributed by atoms with Crippen LogP contribution in [0.5, 0.6) is 5.75 Å². The Morgan fingerprint density at radius 3 is 2.73 bits per heavy atom. The molecule has 1 unspecified atom stereocenters. The van der Waals surface area contributed by atoms with Crippen LogP contribution in [0.15, 0.2) is 24.3 Å². The molecule has 1 nitrogen and oxygen atoms in total. The zero-order valence-corrected chi connectivity index (χ0v) is 6.58. The predicted octanol–water partition coefficient (Wildman–Crippen LogP) is 2.39. The van der Waals surface area contributed by atoms with E-state index >= 15 is 0 Å². The largest absolute Gasteiger partial charge is 0.496 e. The van der Waals surface area contributed by atoms with Gasteiger partial charge in [0.1, 0.15) is 5.75 Å². The molecule has 1 fully saturated rings. The molecule has 0 saturated heterocycles. The smallest absolute Gasteiger partial charge is 0.122 e. The van der Waals surface area contributed by atoms with Crippen molar-refractivity contribution in [3.63, 3.8) is 0 Å². The minimum atomic E-state index is 0.658. The molecule has 0 amide bonds. The van der Waals surface area contributed by atoms with E-state index in [0.29, 0.717) is 5.92 Å². The van der Waals surface area contributed by atoms with Crippen molar-refractivity contribution < 1.29 is 4.74 Å². The van der Waals surface area contributed by atoms with E-state index in [0.717, 1.165) is 5.75 Å². The van der Waals surface area contributed by atoms with Crippen LogP contribution in [0, 0.1) is 6.42 Å². The Bertz CT molecular complexity index is 251. The van der Waals surface area contributed by atoms with Crippen molar-refractivity contribution in [1.82, 2.24) is 0 Å². The molecule has 1 aromatic rings. The lowest BCUT2D eigenvalue weighted by atomic mass is 10.1. The summed E-state index contributed by atoms with van der Waals surface area (Å²) < 4.78 is 5.23. The topological polar surface area (TPSA) is 9.23 Å². The van der Waals surface area contributed by atoms with Crippen LogP contribution >= 0.6 is 0 Å². The van der Waals surface area contributed by atoms with Gasteiger partial charge in [0, 0.05) is 0 Å². The number of para-hydroxylation sites is 1. The second kappa shape index (κ2) is 2.57. The zero-order chi connectivity index (χ0) is 7.68. The van der Waals surface area contributed by atoms with E-state index in [1.165, 1.54) is 12.0 Å². The number of hydrogen-bond acceptors (Lipinski definition) is 1. The third kappa shape index (κ3) is 1.23. The molecular weight excluding hydrogens is 136 g/mol. The highest BCUT2D eigenvalue weighted by Gasteiger charge is 2.26. The van der Waals surface area contributed by atoms with Gasteiger partial charge in [0.25, 0.3) is 0 Å². The van der Waals surface area contributed by atoms with Gasteiger partial charge >= 0.3 is 0 Å². The van der Waals surface area contributed by atoms with Gasteiger partial charge in [0.2, 0.25) is 0 Å². The Kier molecular flexibility index (Phi) is 1.57. The molecule has 1 saturated carbocycles. The summed E-state index contributed by atoms with van der Waals surface area (Å²) in [4.78, 5) is 0. The first-order valence-electron chi connectivity index (χ1n) is 3.88. The van der Waals surface area contributed by atoms with Crippen molar-refractivity contribution in [3.8, 4) is 5.75 Å². The first-order valence-corrected chi connectivity index (χ1v) is 3.88. The molecule has 1 aliphatic rings. The lowest BCUT2D eigenvalue weighted by Gasteiger charge is -2.05. The van der Waals surface area contributed by atoms with Crippen LogP contribution in [0.3, 0.4) is 0 Å². The molecule has 2 rings (SSSR count). The first-order chi connectivity index (χ1) is 5.42. The number of ether oxygens (including phenoxy) is 1. The normalized spacial score (nSPS) is 16.5. The summed E-state index contributed by atoms with van der Waals surface area (Å²) in [6.45, 7) is 0. The minimum Gasteiger partial charge on any atom is -0.496 e. The quantitative estimate of drug-likeness (QED) is 0.624. The van der Waals surface area contributed by atoms with Crippen LogP contribution in [-0.4, -0.2) is 7.11 Å². The summed E-state index contributed by atoms with van der Waals surface area (Å²) in [6.07, 6.45) is 3.50. The van der Waals surface area contributed by atoms with Crippen molar-refractivity contribution >= 4 is 0 Å². The molecule has 1 heteroatoms. The van der Waals surface area contributed by atoms with Crippen LogP contribution in [0.2, 0.25) is 0 Å². The highest BCUT2D eigenvalue weighted by atomic mass is 16.5. The van der Waals surface area contributed by atoms with E-state index in [1.54, 1.807) is 7.11 Å². The van der Waals surface area contributed by atoms with Gasteiger partial charge in [-0.2, -0.15) is 0 Å². The molecule has 1 atom stereocenters. The Hall–Kier alpha value is -0.980. The van der Waals surface area contributed by atoms with Gasteiger partial charge in [-0.05, 0) is 30.4 Å². The molecule has 0 aromatic heterocycles. The Morgan fingerprint density at radius 1 is 1.36 bits per heavy atom. The standard InChI is InChI=1S/C10H11O/c1-11-10-5-3-2-4-9(10)8-6-7-8/h2-6,8H,7H2,1H3. The van der Waals surface area contributed by atoms with Gasteiger partial charge in [-0.25, -0.2) is 0 Å². The van der Waals surface area contributed by atoms with E-state index < -0.39 is 0 Å². The summed E-state index contributed by atoms with van der Waals surface area (Å²) in [6, 6.07) is 8.21. The third-order valence-corrected chi connectivity index (χ3v) is 2.01. The lowest BCUT2D eigenvalue weighted by Crippen LogP contribution is -1.88. The SMILES string of the molecule is COc1ccccc1C1[CH]C1. The second-order valence-corrected chi connectivity index (χ2v) is 2.82. The third-order valence-electron chi connectivity index (χ3n) is 2.01. The number of rotatable bonds is 2. The molecule has 0 N–H and O–H groups in total. The molecule has 11 heavy (non-hydrogen) atoms. The van der Waals surface area contributed by atoms with E-state index in [1.807, 2.05) is 12.1 Å². The van der Waals surface area contributed by atoms with Gasteiger partial charge in [-0.15, -0.1) is 0 Å². The molecule has 57 valence electrons. The summed E-state index contributed by atoms with van der Waals surface area (Å²) >= 11 is 0. The molecule has 1 radical (unpaired) electrons. The van der Waals surface area contributed by atoms with Gasteiger partial charge in [0.05, 0.1) is 7.11 Å². The number of methoxy groups -OCH3 is 1. The molecule has 0 heterocycles. The van der Waals surface area contributed by atoms with Crippen LogP contribution in [0.25, 0.3) is 0 Å². The Balaban J connectivity index is 2.34. The van der Waals surface area contributed by atoms with Gasteiger partial charge in [-0.1, -0.05) is 18.2 Å². The maximum atomic E-state index is 5.23. The molecule has 0 bridgehead atoms. The lowest BCUT2D eigenvalue weighted by molar-refractivity contribution is 0.410. The first kappa shape index (κ1) is 6.71. The highest BCUT2D eigenvalue weighted by Crippen LogP contribution is 2.42. The average molecular weight is 147 g/mol. The monoisotopic (exact) mass is 147 g/mol. The van der Waals surface area contributed by atoms with Crippen molar-refractivity contribution in [2.75, 3.05) is 7.11 Å². The highest BCUT2D eigenvalue weighted by molar-refractivity contribution is 5.41. The number of benzene rings is 1. The van der Waals surface area contributed by atoms with Gasteiger partial charge in [-0.3, -0.25) is 0 Å². The van der Waals surface area contributed by atoms with Crippen LogP contribution in [0.1, 0.15) is 17.9 Å². The van der Waals surface area contributed by atoms with Crippen LogP contribution in [0.4, 0.5) is 0 Å². The fraction of sp³-hybridized carbons (Fsp3) is 0.300. The Labute approximate surface area is 67.0 Å². The predicted molar refractivity (Wildman–Crippen MR) is 44.7 cm³/mol. The van der Waals surface area contributed by atoms with Crippen LogP contribution < -0.4 is 4.74 Å². The van der Waals surface area contributed by atoms with Crippen LogP contribution in [-0.2, 0) is 0 Å². The Morgan fingerprint density at radius 2 is 2.09 bits per heavy atom. The molecular formula is C10H11O. The molecule has 1 aliphatic carbocycles. The van der Waals surface area contributed by atoms with Crippen molar-refractivity contribution in [2.24, 2.45) is 0 Å². The van der Waals surface area contributed by atoms with Gasteiger partial charge in [0.15, 0.2) is 0 Å². The summed E-state index contributed by atoms with van der Waals surface area (Å²) in [5, 5.41) is 0. The average Bonchev–Trinajstić information content (AvgIpc) is 2.87. The summed E-state index contributed by atoms with van der Waals surface area (Å²) in [5.74, 6) is 1.68. The maximum Gasteiger partial charge on any atom is 0.122 e. The van der Waals surface area contributed by atoms with E-state index in [4.69, 9.17) is 4.74 Å². The fourth-order valence-electron chi connectivity index (χ4n) is 1.29. The maximum absolute atomic E-state index is 5.23. The van der Waals surface area contributed by atoms with E-state index in [2.05, 4.69) is 18.6 Å². The van der Waals surface area contributed by atoms with Crippen molar-refractivity contribution in [2.45, 2.75) is 12.3 Å². The van der Waals surface area contributed by atoms with E-state index in [9.17, 15) is 0 Å². The van der Waals surface area contributed by atoms with Gasteiger partial charge < -0.3 is 4.74 Å². The molecule has 0 aliphatic heterocycles.